The van der Waals surface area contributed by atoms with Crippen LogP contribution in [-0.4, -0.2) is 55.7 Å². The number of nitrogens with zero attached hydrogens (tertiary/aromatic N) is 4. The Balaban J connectivity index is 1.77. The van der Waals surface area contributed by atoms with Crippen molar-refractivity contribution in [2.75, 3.05) is 42.9 Å². The molecule has 1 aliphatic carbocycles. The van der Waals surface area contributed by atoms with Gasteiger partial charge in [-0.1, -0.05) is 32.3 Å². The van der Waals surface area contributed by atoms with Crippen LogP contribution in [0.1, 0.15) is 49.4 Å². The van der Waals surface area contributed by atoms with Crippen LogP contribution >= 0.6 is 0 Å². The number of anilines is 4. The van der Waals surface area contributed by atoms with Crippen LogP contribution in [0.4, 0.5) is 23.1 Å². The maximum Gasteiger partial charge on any atom is 0.340 e. The Morgan fingerprint density at radius 3 is 2.64 bits per heavy atom. The summed E-state index contributed by atoms with van der Waals surface area (Å²) in [5, 5.41) is 3.16. The number of carbonyl (C=O) groups excluding carboxylic acids is 2. The Bertz CT molecular complexity index is 1040. The van der Waals surface area contributed by atoms with E-state index in [0.717, 1.165) is 18.7 Å². The molecule has 0 radical (unpaired) electrons. The number of aromatic nitrogens is 2. The molecular formula is C24H31N5O4. The molecule has 1 aromatic carbocycles. The molecule has 0 bridgehead atoms. The number of ether oxygens (including phenoxy) is 2. The summed E-state index contributed by atoms with van der Waals surface area (Å²) in [5.41, 5.74) is 1.44. The zero-order valence-corrected chi connectivity index (χ0v) is 19.6. The molecular weight excluding hydrogens is 422 g/mol. The highest BCUT2D eigenvalue weighted by Gasteiger charge is 2.34. The molecule has 9 nitrogen and oxygen atoms in total. The van der Waals surface area contributed by atoms with Crippen LogP contribution < -0.4 is 19.9 Å². The number of benzene rings is 1. The first-order valence-electron chi connectivity index (χ1n) is 11.4. The van der Waals surface area contributed by atoms with Gasteiger partial charge in [-0.15, -0.1) is 0 Å². The molecule has 0 spiro atoms. The molecule has 0 saturated heterocycles. The van der Waals surface area contributed by atoms with Gasteiger partial charge in [-0.3, -0.25) is 4.79 Å². The molecule has 1 aliphatic heterocycles. The van der Waals surface area contributed by atoms with Crippen molar-refractivity contribution in [1.29, 1.82) is 0 Å². The molecule has 1 amide bonds. The third kappa shape index (κ3) is 4.44. The van der Waals surface area contributed by atoms with E-state index in [2.05, 4.69) is 15.2 Å². The van der Waals surface area contributed by atoms with Gasteiger partial charge in [0.2, 0.25) is 11.9 Å². The van der Waals surface area contributed by atoms with Crippen LogP contribution in [0.3, 0.4) is 0 Å². The molecule has 176 valence electrons. The fraction of sp³-hybridized carbons (Fsp3) is 0.500. The minimum Gasteiger partial charge on any atom is -0.495 e. The predicted molar refractivity (Wildman–Crippen MR) is 126 cm³/mol. The summed E-state index contributed by atoms with van der Waals surface area (Å²) in [7, 11) is 4.64. The number of amides is 1. The third-order valence-corrected chi connectivity index (χ3v) is 6.51. The zero-order chi connectivity index (χ0) is 23.5. The lowest BCUT2D eigenvalue weighted by atomic mass is 9.93. The van der Waals surface area contributed by atoms with Crippen molar-refractivity contribution >= 4 is 35.0 Å². The molecule has 9 heteroatoms. The molecule has 2 heterocycles. The van der Waals surface area contributed by atoms with Crippen molar-refractivity contribution in [2.45, 2.75) is 45.1 Å². The van der Waals surface area contributed by atoms with E-state index in [9.17, 15) is 9.59 Å². The van der Waals surface area contributed by atoms with Gasteiger partial charge < -0.3 is 24.6 Å². The molecule has 33 heavy (non-hydrogen) atoms. The number of nitrogens with one attached hydrogen (secondary N) is 1. The first kappa shape index (κ1) is 22.8. The van der Waals surface area contributed by atoms with Crippen LogP contribution in [0.25, 0.3) is 0 Å². The normalized spacial score (nSPS) is 19.0. The number of para-hydroxylation sites is 1. The van der Waals surface area contributed by atoms with E-state index in [1.54, 1.807) is 36.3 Å². The van der Waals surface area contributed by atoms with Gasteiger partial charge in [0.1, 0.15) is 11.4 Å². The summed E-state index contributed by atoms with van der Waals surface area (Å²) >= 11 is 0. The number of hydrogen-bond donors (Lipinski definition) is 1. The SMILES string of the molecule is COC(=O)c1cccc(OC)c1Nc1ncc2c(n1)N(C1CCCCC1)CC(C)C(=O)N2C. The molecule has 1 atom stereocenters. The summed E-state index contributed by atoms with van der Waals surface area (Å²) in [5.74, 6) is 0.934. The van der Waals surface area contributed by atoms with Gasteiger partial charge in [0.05, 0.1) is 37.6 Å². The van der Waals surface area contributed by atoms with Crippen LogP contribution in [0, 0.1) is 5.92 Å². The molecule has 1 N–H and O–H groups in total. The maximum absolute atomic E-state index is 12.9. The summed E-state index contributed by atoms with van der Waals surface area (Å²) in [4.78, 5) is 38.5. The highest BCUT2D eigenvalue weighted by molar-refractivity contribution is 5.99. The highest BCUT2D eigenvalue weighted by atomic mass is 16.5. The monoisotopic (exact) mass is 453 g/mol. The van der Waals surface area contributed by atoms with E-state index in [0.29, 0.717) is 41.2 Å². The van der Waals surface area contributed by atoms with E-state index >= 15 is 0 Å². The van der Waals surface area contributed by atoms with Crippen LogP contribution in [0.5, 0.6) is 5.75 Å². The van der Waals surface area contributed by atoms with E-state index in [1.165, 1.54) is 33.5 Å². The van der Waals surface area contributed by atoms with Crippen molar-refractivity contribution in [3.63, 3.8) is 0 Å². The highest BCUT2D eigenvalue weighted by Crippen LogP contribution is 2.38. The summed E-state index contributed by atoms with van der Waals surface area (Å²) in [6.45, 7) is 2.57. The minimum atomic E-state index is -0.492. The average Bonchev–Trinajstić information content (AvgIpc) is 2.94. The number of rotatable bonds is 5. The Morgan fingerprint density at radius 2 is 1.94 bits per heavy atom. The fourth-order valence-corrected chi connectivity index (χ4v) is 4.72. The lowest BCUT2D eigenvalue weighted by Crippen LogP contribution is -2.41. The number of carbonyl (C=O) groups is 2. The molecule has 2 aliphatic rings. The van der Waals surface area contributed by atoms with Crippen LogP contribution in [-0.2, 0) is 9.53 Å². The molecule has 1 fully saturated rings. The molecule has 1 unspecified atom stereocenters. The van der Waals surface area contributed by atoms with Crippen molar-refractivity contribution in [3.8, 4) is 5.75 Å². The number of hydrogen-bond acceptors (Lipinski definition) is 8. The second-order valence-electron chi connectivity index (χ2n) is 8.64. The second kappa shape index (κ2) is 9.64. The first-order chi connectivity index (χ1) is 15.9. The lowest BCUT2D eigenvalue weighted by Gasteiger charge is -2.35. The topological polar surface area (TPSA) is 96.9 Å². The van der Waals surface area contributed by atoms with E-state index in [1.807, 2.05) is 6.92 Å². The van der Waals surface area contributed by atoms with E-state index < -0.39 is 5.97 Å². The quantitative estimate of drug-likeness (QED) is 0.684. The second-order valence-corrected chi connectivity index (χ2v) is 8.64. The van der Waals surface area contributed by atoms with Crippen molar-refractivity contribution in [1.82, 2.24) is 9.97 Å². The van der Waals surface area contributed by atoms with Crippen molar-refractivity contribution in [2.24, 2.45) is 5.92 Å². The van der Waals surface area contributed by atoms with Gasteiger partial charge in [-0.05, 0) is 25.0 Å². The Morgan fingerprint density at radius 1 is 1.18 bits per heavy atom. The largest absolute Gasteiger partial charge is 0.495 e. The fourth-order valence-electron chi connectivity index (χ4n) is 4.72. The van der Waals surface area contributed by atoms with Crippen molar-refractivity contribution < 1.29 is 19.1 Å². The van der Waals surface area contributed by atoms with E-state index in [4.69, 9.17) is 14.5 Å². The van der Waals surface area contributed by atoms with Gasteiger partial charge in [-0.2, -0.15) is 4.98 Å². The summed E-state index contributed by atoms with van der Waals surface area (Å²) in [6, 6.07) is 5.46. The molecule has 1 saturated carbocycles. The van der Waals surface area contributed by atoms with E-state index in [-0.39, 0.29) is 11.8 Å². The minimum absolute atomic E-state index is 0.0524. The lowest BCUT2D eigenvalue weighted by molar-refractivity contribution is -0.121. The zero-order valence-electron chi connectivity index (χ0n) is 19.6. The number of methoxy groups -OCH3 is 2. The third-order valence-electron chi connectivity index (χ3n) is 6.51. The molecule has 1 aromatic heterocycles. The van der Waals surface area contributed by atoms with Crippen LogP contribution in [0.15, 0.2) is 24.4 Å². The molecule has 2 aromatic rings. The Labute approximate surface area is 194 Å². The standard InChI is InChI=1S/C24H31N5O4/c1-15-14-29(16-9-6-5-7-10-16)21-18(28(2)22(15)30)13-25-24(27-21)26-20-17(23(31)33-4)11-8-12-19(20)32-3/h8,11-13,15-16H,5-7,9-10,14H2,1-4H3,(H,25,26,27). The number of fused-ring (bicyclic) bond motifs is 1. The van der Waals surface area contributed by atoms with Crippen molar-refractivity contribution in [3.05, 3.63) is 30.0 Å². The first-order valence-corrected chi connectivity index (χ1v) is 11.4. The van der Waals surface area contributed by atoms with Crippen LogP contribution in [0.2, 0.25) is 0 Å². The summed E-state index contributed by atoms with van der Waals surface area (Å²) < 4.78 is 10.4. The van der Waals surface area contributed by atoms with Gasteiger partial charge in [-0.25, -0.2) is 9.78 Å². The molecule has 4 rings (SSSR count). The maximum atomic E-state index is 12.9. The van der Waals surface area contributed by atoms with Gasteiger partial charge in [0, 0.05) is 19.6 Å². The Kier molecular flexibility index (Phi) is 6.67. The van der Waals surface area contributed by atoms with Gasteiger partial charge in [0.15, 0.2) is 5.82 Å². The Hall–Kier alpha value is -3.36. The average molecular weight is 454 g/mol. The summed E-state index contributed by atoms with van der Waals surface area (Å²) in [6.07, 6.45) is 7.42. The predicted octanol–water partition coefficient (Wildman–Crippen LogP) is 3.77. The smallest absolute Gasteiger partial charge is 0.340 e. The number of esters is 1. The van der Waals surface area contributed by atoms with Gasteiger partial charge >= 0.3 is 5.97 Å². The van der Waals surface area contributed by atoms with Gasteiger partial charge in [0.25, 0.3) is 0 Å².